The summed E-state index contributed by atoms with van der Waals surface area (Å²) in [6.07, 6.45) is 6.65. The highest BCUT2D eigenvalue weighted by Gasteiger charge is 2.41. The van der Waals surface area contributed by atoms with Gasteiger partial charge in [-0.3, -0.25) is 14.4 Å². The Kier molecular flexibility index (Phi) is 4.13. The van der Waals surface area contributed by atoms with Crippen molar-refractivity contribution in [3.8, 4) is 0 Å². The number of H-pyrrole nitrogens is 1. The van der Waals surface area contributed by atoms with Crippen LogP contribution < -0.4 is 5.43 Å². The van der Waals surface area contributed by atoms with Crippen molar-refractivity contribution in [1.29, 1.82) is 0 Å². The lowest BCUT2D eigenvalue weighted by Crippen LogP contribution is -2.49. The molecule has 2 amide bonds. The zero-order chi connectivity index (χ0) is 17.6. The molecule has 4 fully saturated rings. The van der Waals surface area contributed by atoms with Gasteiger partial charge in [0.2, 0.25) is 5.91 Å². The third-order valence-corrected chi connectivity index (χ3v) is 6.03. The minimum Gasteiger partial charge on any atom is -0.364 e. The fourth-order valence-electron chi connectivity index (χ4n) is 4.32. The van der Waals surface area contributed by atoms with E-state index in [-0.39, 0.29) is 34.8 Å². The summed E-state index contributed by atoms with van der Waals surface area (Å²) in [6, 6.07) is 1.49. The number of hydrogen-bond donors (Lipinski definition) is 1. The van der Waals surface area contributed by atoms with E-state index in [1.807, 2.05) is 9.80 Å². The maximum atomic E-state index is 13.0. The van der Waals surface area contributed by atoms with E-state index in [9.17, 15) is 14.4 Å². The van der Waals surface area contributed by atoms with E-state index in [0.717, 1.165) is 44.3 Å². The highest BCUT2D eigenvalue weighted by Crippen LogP contribution is 2.33. The van der Waals surface area contributed by atoms with Crippen LogP contribution in [-0.4, -0.2) is 52.3 Å². The zero-order valence-electron chi connectivity index (χ0n) is 14.7. The van der Waals surface area contributed by atoms with Gasteiger partial charge < -0.3 is 14.8 Å². The normalized spacial score (nSPS) is 26.3. The summed E-state index contributed by atoms with van der Waals surface area (Å²) < 4.78 is 0. The number of fused-ring (bicyclic) bond motifs is 4. The Morgan fingerprint density at radius 2 is 1.92 bits per heavy atom. The molecule has 6 heteroatoms. The highest BCUT2D eigenvalue weighted by atomic mass is 16.2. The lowest BCUT2D eigenvalue weighted by molar-refractivity contribution is -0.138. The number of amides is 2. The second-order valence-electron chi connectivity index (χ2n) is 7.82. The van der Waals surface area contributed by atoms with Gasteiger partial charge in [0.1, 0.15) is 5.56 Å². The Labute approximate surface area is 147 Å². The van der Waals surface area contributed by atoms with E-state index >= 15 is 0 Å². The smallest absolute Gasteiger partial charge is 0.259 e. The molecule has 3 aliphatic heterocycles. The molecule has 1 aromatic heterocycles. The van der Waals surface area contributed by atoms with Crippen LogP contribution in [0.1, 0.15) is 48.2 Å². The summed E-state index contributed by atoms with van der Waals surface area (Å²) in [4.78, 5) is 44.6. The Bertz CT molecular complexity index is 753. The van der Waals surface area contributed by atoms with Gasteiger partial charge in [-0.1, -0.05) is 6.42 Å². The van der Waals surface area contributed by atoms with Crippen molar-refractivity contribution in [3.63, 3.8) is 0 Å². The number of pyridine rings is 1. The van der Waals surface area contributed by atoms with Gasteiger partial charge in [-0.15, -0.1) is 0 Å². The van der Waals surface area contributed by atoms with Crippen molar-refractivity contribution in [2.45, 2.75) is 45.1 Å². The Hall–Kier alpha value is -2.11. The number of hydrogen-bond acceptors (Lipinski definition) is 3. The van der Waals surface area contributed by atoms with Crippen molar-refractivity contribution in [3.05, 3.63) is 33.7 Å². The van der Waals surface area contributed by atoms with E-state index in [4.69, 9.17) is 0 Å². The molecule has 134 valence electrons. The van der Waals surface area contributed by atoms with E-state index in [2.05, 4.69) is 4.98 Å². The molecule has 1 aliphatic carbocycles. The largest absolute Gasteiger partial charge is 0.364 e. The molecule has 1 saturated carbocycles. The van der Waals surface area contributed by atoms with Crippen LogP contribution in [0.3, 0.4) is 0 Å². The molecule has 0 unspecified atom stereocenters. The van der Waals surface area contributed by atoms with Gasteiger partial charge in [0, 0.05) is 49.6 Å². The molecular formula is C19H25N3O3. The predicted octanol–water partition coefficient (Wildman–Crippen LogP) is 1.55. The first-order valence-electron chi connectivity index (χ1n) is 9.32. The van der Waals surface area contributed by atoms with Crippen LogP contribution in [0, 0.1) is 18.8 Å². The second-order valence-corrected chi connectivity index (χ2v) is 7.82. The average Bonchev–Trinajstić information content (AvgIpc) is 2.84. The number of nitrogens with zero attached hydrogens (tertiary/aromatic N) is 2. The molecular weight excluding hydrogens is 318 g/mol. The van der Waals surface area contributed by atoms with E-state index in [1.165, 1.54) is 12.3 Å². The molecule has 0 radical (unpaired) electrons. The molecule has 25 heavy (non-hydrogen) atoms. The van der Waals surface area contributed by atoms with Crippen LogP contribution in [0.2, 0.25) is 0 Å². The van der Waals surface area contributed by atoms with Crippen LogP contribution in [0.15, 0.2) is 17.1 Å². The summed E-state index contributed by atoms with van der Waals surface area (Å²) in [5, 5.41) is 0. The monoisotopic (exact) mass is 343 g/mol. The van der Waals surface area contributed by atoms with Gasteiger partial charge in [-0.05, 0) is 38.5 Å². The maximum Gasteiger partial charge on any atom is 0.259 e. The minimum atomic E-state index is -0.233. The van der Waals surface area contributed by atoms with Gasteiger partial charge in [0.15, 0.2) is 5.43 Å². The van der Waals surface area contributed by atoms with Crippen LogP contribution in [-0.2, 0) is 4.79 Å². The number of aromatic nitrogens is 1. The third kappa shape index (κ3) is 2.98. The fraction of sp³-hybridized carbons (Fsp3) is 0.632. The summed E-state index contributed by atoms with van der Waals surface area (Å²) in [5.74, 6) is 0.581. The number of rotatable bonds is 2. The van der Waals surface area contributed by atoms with Gasteiger partial charge in [-0.25, -0.2) is 0 Å². The number of piperidine rings is 1. The van der Waals surface area contributed by atoms with Crippen LogP contribution in [0.5, 0.6) is 0 Å². The second kappa shape index (κ2) is 6.32. The number of aromatic amines is 1. The molecule has 0 aromatic carbocycles. The number of carbonyl (C=O) groups is 2. The molecule has 4 heterocycles. The molecule has 1 aromatic rings. The van der Waals surface area contributed by atoms with Crippen molar-refractivity contribution < 1.29 is 9.59 Å². The van der Waals surface area contributed by atoms with Crippen LogP contribution in [0.25, 0.3) is 0 Å². The number of nitrogens with one attached hydrogen (secondary N) is 1. The zero-order valence-corrected chi connectivity index (χ0v) is 14.7. The third-order valence-electron chi connectivity index (χ3n) is 6.03. The molecule has 2 atom stereocenters. The standard InChI is InChI=1S/C19H25N3O3/c1-12-7-17(23)16(8-20-12)19(25)22-10-13-5-6-15(22)11-21(9-13)18(24)14-3-2-4-14/h7-8,13-15H,2-6,9-11H2,1H3,(H,20,23)/t13-,15+/m0/s1. The van der Waals surface area contributed by atoms with Gasteiger partial charge >= 0.3 is 0 Å². The van der Waals surface area contributed by atoms with Gasteiger partial charge in [0.05, 0.1) is 0 Å². The summed E-state index contributed by atoms with van der Waals surface area (Å²) in [6.45, 7) is 3.81. The first kappa shape index (κ1) is 16.4. The molecule has 0 spiro atoms. The Balaban J connectivity index is 1.54. The predicted molar refractivity (Wildman–Crippen MR) is 93.3 cm³/mol. The number of carbonyl (C=O) groups excluding carboxylic acids is 2. The first-order valence-corrected chi connectivity index (χ1v) is 9.32. The highest BCUT2D eigenvalue weighted by molar-refractivity contribution is 5.94. The van der Waals surface area contributed by atoms with E-state index in [1.54, 1.807) is 6.92 Å². The molecule has 6 nitrogen and oxygen atoms in total. The van der Waals surface area contributed by atoms with E-state index in [0.29, 0.717) is 19.0 Å². The van der Waals surface area contributed by atoms with Crippen LogP contribution >= 0.6 is 0 Å². The molecule has 2 bridgehead atoms. The fourth-order valence-corrected chi connectivity index (χ4v) is 4.32. The Morgan fingerprint density at radius 3 is 2.60 bits per heavy atom. The molecule has 5 rings (SSSR count). The van der Waals surface area contributed by atoms with Crippen molar-refractivity contribution in [2.75, 3.05) is 19.6 Å². The first-order chi connectivity index (χ1) is 12.0. The summed E-state index contributed by atoms with van der Waals surface area (Å²) in [7, 11) is 0. The molecule has 1 N–H and O–H groups in total. The van der Waals surface area contributed by atoms with Crippen molar-refractivity contribution in [1.82, 2.24) is 14.8 Å². The van der Waals surface area contributed by atoms with Crippen LogP contribution in [0.4, 0.5) is 0 Å². The van der Waals surface area contributed by atoms with Crippen molar-refractivity contribution >= 4 is 11.8 Å². The lowest BCUT2D eigenvalue weighted by atomic mass is 9.84. The Morgan fingerprint density at radius 1 is 1.12 bits per heavy atom. The minimum absolute atomic E-state index is 0.0241. The topological polar surface area (TPSA) is 73.5 Å². The summed E-state index contributed by atoms with van der Waals surface area (Å²) >= 11 is 0. The quantitative estimate of drug-likeness (QED) is 0.885. The van der Waals surface area contributed by atoms with Gasteiger partial charge in [0.25, 0.3) is 5.91 Å². The SMILES string of the molecule is Cc1cc(=O)c(C(=O)N2C[C@H]3CC[C@@H]2CN(C(=O)C2CCC2)C3)c[nH]1. The maximum absolute atomic E-state index is 13.0. The molecule has 3 saturated heterocycles. The van der Waals surface area contributed by atoms with E-state index < -0.39 is 0 Å². The summed E-state index contributed by atoms with van der Waals surface area (Å²) in [5.41, 5.74) is 0.718. The van der Waals surface area contributed by atoms with Gasteiger partial charge in [-0.2, -0.15) is 0 Å². The molecule has 4 aliphatic rings. The lowest BCUT2D eigenvalue weighted by Gasteiger charge is -2.36. The average molecular weight is 343 g/mol. The number of aryl methyl sites for hydroxylation is 1. The van der Waals surface area contributed by atoms with Crippen molar-refractivity contribution in [2.24, 2.45) is 11.8 Å².